The van der Waals surface area contributed by atoms with E-state index in [0.29, 0.717) is 33.6 Å². The number of carbonyl (C=O) groups is 2. The van der Waals surface area contributed by atoms with Crippen molar-refractivity contribution in [2.24, 2.45) is 0 Å². The lowest BCUT2D eigenvalue weighted by molar-refractivity contribution is -0.137. The number of hydrogen-bond acceptors (Lipinski definition) is 2. The van der Waals surface area contributed by atoms with Gasteiger partial charge in [0.1, 0.15) is 0 Å². The van der Waals surface area contributed by atoms with Crippen molar-refractivity contribution < 1.29 is 22.8 Å². The smallest absolute Gasteiger partial charge is 0.308 e. The second kappa shape index (κ2) is 9.67. The molecule has 218 valence electrons. The van der Waals surface area contributed by atoms with Crippen LogP contribution in [0.1, 0.15) is 48.5 Å². The van der Waals surface area contributed by atoms with Crippen LogP contribution in [0.4, 0.5) is 18.9 Å². The van der Waals surface area contributed by atoms with Crippen molar-refractivity contribution in [1.29, 1.82) is 0 Å². The predicted molar refractivity (Wildman–Crippen MR) is 168 cm³/mol. The van der Waals surface area contributed by atoms with Crippen molar-refractivity contribution >= 4 is 39.3 Å². The Balaban J connectivity index is 1.54. The number of nitrogens with zero attached hydrogens (tertiary/aromatic N) is 2. The molecule has 0 saturated carbocycles. The van der Waals surface area contributed by atoms with Gasteiger partial charge in [0.15, 0.2) is 0 Å². The Bertz CT molecular complexity index is 2180. The van der Waals surface area contributed by atoms with E-state index in [4.69, 9.17) is 0 Å². The fourth-order valence-electron chi connectivity index (χ4n) is 6.79. The van der Waals surface area contributed by atoms with Gasteiger partial charge in [-0.15, -0.1) is 0 Å². The zero-order chi connectivity index (χ0) is 31.1. The van der Waals surface area contributed by atoms with Gasteiger partial charge in [0.2, 0.25) is 0 Å². The first-order valence-corrected chi connectivity index (χ1v) is 14.3. The zero-order valence-corrected chi connectivity index (χ0v) is 24.5. The van der Waals surface area contributed by atoms with Crippen molar-refractivity contribution in [3.8, 4) is 16.8 Å². The predicted octanol–water partition coefficient (Wildman–Crippen LogP) is 9.50. The monoisotopic (exact) mass is 588 g/mol. The molecule has 0 fully saturated rings. The highest BCUT2D eigenvalue weighted by atomic mass is 19.4. The highest BCUT2D eigenvalue weighted by Gasteiger charge is 2.40. The summed E-state index contributed by atoms with van der Waals surface area (Å²) in [7, 11) is 0. The molecule has 2 amide bonds. The third-order valence-corrected chi connectivity index (χ3v) is 8.40. The first kappa shape index (κ1) is 27.7. The van der Waals surface area contributed by atoms with Crippen LogP contribution >= 0.6 is 0 Å². The van der Waals surface area contributed by atoms with Crippen LogP contribution in [0.5, 0.6) is 0 Å². The Kier molecular flexibility index (Phi) is 6.08. The van der Waals surface area contributed by atoms with E-state index in [-0.39, 0.29) is 11.1 Å². The molecule has 0 bridgehead atoms. The lowest BCUT2D eigenvalue weighted by atomic mass is 9.97. The molecule has 0 atom stereocenters. The van der Waals surface area contributed by atoms with E-state index in [0.717, 1.165) is 39.0 Å². The van der Waals surface area contributed by atoms with E-state index >= 15 is 0 Å². The number of anilines is 1. The van der Waals surface area contributed by atoms with E-state index < -0.39 is 23.6 Å². The van der Waals surface area contributed by atoms with Crippen LogP contribution in [0.2, 0.25) is 0 Å². The lowest BCUT2D eigenvalue weighted by Crippen LogP contribution is -2.31. The molecule has 1 aromatic heterocycles. The summed E-state index contributed by atoms with van der Waals surface area (Å²) in [5.41, 5.74) is 6.44. The minimum absolute atomic E-state index is 0.259. The Labute approximate surface area is 252 Å². The normalized spacial score (nSPS) is 13.4. The molecule has 7 rings (SSSR count). The molecule has 44 heavy (non-hydrogen) atoms. The first-order valence-electron chi connectivity index (χ1n) is 14.3. The van der Waals surface area contributed by atoms with Gasteiger partial charge in [-0.1, -0.05) is 66.2 Å². The standard InChI is InChI=1S/C37H27F3N2O2/c1-20-15-22(3)33(23(4)16-20)42-35(43)29-12-8-14-31(32(29)36(42)44)41-30-13-6-5-9-27(30)28-11-7-10-26(34(28)41)24-17-21(2)18-25(19-24)37(38,39)40/h5-19H,1-4H3. The summed E-state index contributed by atoms with van der Waals surface area (Å²) in [6.07, 6.45) is -4.51. The van der Waals surface area contributed by atoms with Gasteiger partial charge in [-0.3, -0.25) is 9.59 Å². The van der Waals surface area contributed by atoms with E-state index in [1.807, 2.05) is 73.9 Å². The molecule has 5 aromatic carbocycles. The molecule has 0 unspecified atom stereocenters. The Morgan fingerprint density at radius 2 is 1.27 bits per heavy atom. The Morgan fingerprint density at radius 3 is 2.00 bits per heavy atom. The van der Waals surface area contributed by atoms with Gasteiger partial charge >= 0.3 is 6.18 Å². The average molecular weight is 589 g/mol. The minimum atomic E-state index is -4.51. The highest BCUT2D eigenvalue weighted by molar-refractivity contribution is 6.36. The fourth-order valence-corrected chi connectivity index (χ4v) is 6.79. The van der Waals surface area contributed by atoms with Crippen molar-refractivity contribution in [2.45, 2.75) is 33.9 Å². The number of aryl methyl sites for hydroxylation is 4. The summed E-state index contributed by atoms with van der Waals surface area (Å²) in [5, 5.41) is 1.70. The van der Waals surface area contributed by atoms with Crippen LogP contribution in [-0.2, 0) is 6.18 Å². The van der Waals surface area contributed by atoms with Crippen LogP contribution in [0, 0.1) is 27.7 Å². The molecule has 6 aromatic rings. The molecule has 2 heterocycles. The fraction of sp³-hybridized carbons (Fsp3) is 0.135. The zero-order valence-electron chi connectivity index (χ0n) is 24.5. The molecule has 0 N–H and O–H groups in total. The summed E-state index contributed by atoms with van der Waals surface area (Å²) in [6.45, 7) is 7.38. The molecule has 0 radical (unpaired) electrons. The first-order chi connectivity index (χ1) is 21.0. The van der Waals surface area contributed by atoms with Gasteiger partial charge < -0.3 is 4.57 Å². The van der Waals surface area contributed by atoms with Crippen LogP contribution in [-0.4, -0.2) is 16.4 Å². The molecule has 0 spiro atoms. The largest absolute Gasteiger partial charge is 0.416 e. The summed E-state index contributed by atoms with van der Waals surface area (Å²) in [5.74, 6) is -0.842. The van der Waals surface area contributed by atoms with Gasteiger partial charge in [0.25, 0.3) is 11.8 Å². The van der Waals surface area contributed by atoms with Gasteiger partial charge in [-0.25, -0.2) is 4.90 Å². The molecule has 7 heteroatoms. The number of hydrogen-bond donors (Lipinski definition) is 0. The number of carbonyl (C=O) groups excluding carboxylic acids is 2. The van der Waals surface area contributed by atoms with Gasteiger partial charge in [-0.05, 0) is 80.3 Å². The maximum absolute atomic E-state index is 14.3. The molecule has 1 aliphatic heterocycles. The number of fused-ring (bicyclic) bond motifs is 4. The maximum atomic E-state index is 14.3. The lowest BCUT2D eigenvalue weighted by Gasteiger charge is -2.20. The Hall–Kier alpha value is -5.17. The maximum Gasteiger partial charge on any atom is 0.416 e. The Morgan fingerprint density at radius 1 is 0.636 bits per heavy atom. The summed E-state index contributed by atoms with van der Waals surface area (Å²) < 4.78 is 43.6. The topological polar surface area (TPSA) is 42.3 Å². The summed E-state index contributed by atoms with van der Waals surface area (Å²) >= 11 is 0. The molecule has 1 aliphatic rings. The van der Waals surface area contributed by atoms with Crippen LogP contribution in [0.25, 0.3) is 38.6 Å². The second-order valence-electron chi connectivity index (χ2n) is 11.5. The third-order valence-electron chi connectivity index (χ3n) is 8.40. The summed E-state index contributed by atoms with van der Waals surface area (Å²) in [6, 6.07) is 26.4. The van der Waals surface area contributed by atoms with Crippen molar-refractivity contribution in [3.63, 3.8) is 0 Å². The van der Waals surface area contributed by atoms with E-state index in [9.17, 15) is 22.8 Å². The molecule has 0 aliphatic carbocycles. The van der Waals surface area contributed by atoms with Crippen LogP contribution in [0.3, 0.4) is 0 Å². The van der Waals surface area contributed by atoms with Gasteiger partial charge in [0, 0.05) is 16.3 Å². The number of halogens is 3. The van der Waals surface area contributed by atoms with Crippen molar-refractivity contribution in [2.75, 3.05) is 4.90 Å². The van der Waals surface area contributed by atoms with Gasteiger partial charge in [0.05, 0.1) is 39.1 Å². The minimum Gasteiger partial charge on any atom is -0.308 e. The second-order valence-corrected chi connectivity index (χ2v) is 11.5. The number of rotatable bonds is 3. The quantitative estimate of drug-likeness (QED) is 0.193. The number of alkyl halides is 3. The SMILES string of the molecule is Cc1cc(-c2cccc3c4ccccc4n(-c4cccc5c4C(=O)N(c4c(C)cc(C)cc4C)C5=O)c23)cc(C(F)(F)F)c1. The van der Waals surface area contributed by atoms with Crippen molar-refractivity contribution in [1.82, 2.24) is 4.57 Å². The van der Waals surface area contributed by atoms with E-state index in [2.05, 4.69) is 0 Å². The molecular formula is C37H27F3N2O2. The number of benzene rings is 5. The van der Waals surface area contributed by atoms with E-state index in [1.54, 1.807) is 37.3 Å². The highest BCUT2D eigenvalue weighted by Crippen LogP contribution is 2.43. The third kappa shape index (κ3) is 4.07. The number of imide groups is 1. The van der Waals surface area contributed by atoms with Crippen LogP contribution < -0.4 is 4.90 Å². The van der Waals surface area contributed by atoms with E-state index in [1.165, 1.54) is 11.0 Å². The average Bonchev–Trinajstić information content (AvgIpc) is 3.44. The number of para-hydroxylation sites is 2. The number of amides is 2. The van der Waals surface area contributed by atoms with Crippen LogP contribution in [0.15, 0.2) is 91.0 Å². The van der Waals surface area contributed by atoms with Gasteiger partial charge in [-0.2, -0.15) is 13.2 Å². The van der Waals surface area contributed by atoms with Crippen molar-refractivity contribution in [3.05, 3.63) is 130 Å². The molecule has 4 nitrogen and oxygen atoms in total. The molecular weight excluding hydrogens is 561 g/mol. The molecule has 0 saturated heterocycles. The number of aromatic nitrogens is 1. The summed E-state index contributed by atoms with van der Waals surface area (Å²) in [4.78, 5) is 29.5.